The quantitative estimate of drug-likeness (QED) is 0.727. The summed E-state index contributed by atoms with van der Waals surface area (Å²) in [5.74, 6) is 1.75. The van der Waals surface area contributed by atoms with Crippen LogP contribution in [0.25, 0.3) is 11.2 Å². The summed E-state index contributed by atoms with van der Waals surface area (Å²) in [7, 11) is 0. The maximum absolute atomic E-state index is 4.44. The number of imidazole rings is 1. The molecule has 0 saturated carbocycles. The Kier molecular flexibility index (Phi) is 2.87. The fourth-order valence-electron chi connectivity index (χ4n) is 1.83. The largest absolute Gasteiger partial charge is 0.320 e. The van der Waals surface area contributed by atoms with E-state index in [2.05, 4.69) is 39.8 Å². The molecule has 5 nitrogen and oxygen atoms in total. The first-order chi connectivity index (χ1) is 8.63. The molecule has 18 heavy (non-hydrogen) atoms. The third-order valence-corrected chi connectivity index (χ3v) is 3.85. The highest BCUT2D eigenvalue weighted by atomic mass is 79.9. The Morgan fingerprint density at radius 3 is 2.89 bits per heavy atom. The van der Waals surface area contributed by atoms with Gasteiger partial charge in [0, 0.05) is 10.7 Å². The van der Waals surface area contributed by atoms with Crippen molar-refractivity contribution in [1.82, 2.24) is 23.9 Å². The summed E-state index contributed by atoms with van der Waals surface area (Å²) < 4.78 is 7.25. The van der Waals surface area contributed by atoms with Crippen molar-refractivity contribution in [2.75, 3.05) is 0 Å². The minimum Gasteiger partial charge on any atom is -0.320 e. The molecule has 0 N–H and O–H groups in total. The van der Waals surface area contributed by atoms with Crippen molar-refractivity contribution in [1.29, 1.82) is 0 Å². The molecule has 3 aromatic heterocycles. The molecule has 0 aliphatic carbocycles. The van der Waals surface area contributed by atoms with E-state index in [9.17, 15) is 0 Å². The number of hydrogen-bond donors (Lipinski definition) is 0. The van der Waals surface area contributed by atoms with Gasteiger partial charge in [-0.25, -0.2) is 15.0 Å². The van der Waals surface area contributed by atoms with Crippen LogP contribution in [0.15, 0.2) is 16.7 Å². The number of hydrogen-bond acceptors (Lipinski definition) is 5. The van der Waals surface area contributed by atoms with Crippen LogP contribution >= 0.6 is 27.5 Å². The van der Waals surface area contributed by atoms with Gasteiger partial charge < -0.3 is 4.57 Å². The minimum absolute atomic E-state index is 0.686. The number of aryl methyl sites for hydroxylation is 2. The van der Waals surface area contributed by atoms with Gasteiger partial charge in [-0.1, -0.05) is 0 Å². The first-order valence-corrected chi connectivity index (χ1v) is 6.97. The van der Waals surface area contributed by atoms with Crippen LogP contribution < -0.4 is 0 Å². The van der Waals surface area contributed by atoms with Crippen LogP contribution in [0.4, 0.5) is 0 Å². The van der Waals surface area contributed by atoms with Crippen molar-refractivity contribution in [3.05, 3.63) is 33.4 Å². The second-order valence-electron chi connectivity index (χ2n) is 3.98. The number of halogens is 1. The highest BCUT2D eigenvalue weighted by Gasteiger charge is 2.11. The summed E-state index contributed by atoms with van der Waals surface area (Å²) in [6.45, 7) is 4.56. The van der Waals surface area contributed by atoms with Crippen LogP contribution in [0.5, 0.6) is 0 Å². The summed E-state index contributed by atoms with van der Waals surface area (Å²) >= 11 is 4.86. The summed E-state index contributed by atoms with van der Waals surface area (Å²) in [5, 5.41) is 0.981. The third kappa shape index (κ3) is 2.04. The van der Waals surface area contributed by atoms with Gasteiger partial charge in [0.05, 0.1) is 12.1 Å². The second-order valence-corrected chi connectivity index (χ2v) is 5.73. The van der Waals surface area contributed by atoms with E-state index in [0.29, 0.717) is 6.54 Å². The van der Waals surface area contributed by atoms with Gasteiger partial charge in [-0.05, 0) is 47.4 Å². The normalized spacial score (nSPS) is 11.3. The van der Waals surface area contributed by atoms with Crippen LogP contribution in [0.3, 0.4) is 0 Å². The Labute approximate surface area is 116 Å². The average molecular weight is 324 g/mol. The van der Waals surface area contributed by atoms with E-state index in [1.54, 1.807) is 6.20 Å². The molecule has 0 aliphatic heterocycles. The molecule has 0 bridgehead atoms. The molecule has 0 radical (unpaired) electrons. The molecular formula is C11H10BrN5S. The van der Waals surface area contributed by atoms with Crippen LogP contribution in [-0.4, -0.2) is 23.9 Å². The minimum atomic E-state index is 0.686. The van der Waals surface area contributed by atoms with Crippen LogP contribution in [0.2, 0.25) is 0 Å². The third-order valence-electron chi connectivity index (χ3n) is 2.63. The highest BCUT2D eigenvalue weighted by molar-refractivity contribution is 9.10. The molecule has 0 saturated heterocycles. The second kappa shape index (κ2) is 4.40. The van der Waals surface area contributed by atoms with Gasteiger partial charge in [-0.2, -0.15) is 4.37 Å². The molecule has 0 unspecified atom stereocenters. The molecule has 3 heterocycles. The monoisotopic (exact) mass is 323 g/mol. The van der Waals surface area contributed by atoms with Crippen molar-refractivity contribution in [2.24, 2.45) is 0 Å². The van der Waals surface area contributed by atoms with Crippen LogP contribution in [0.1, 0.15) is 16.7 Å². The van der Waals surface area contributed by atoms with Gasteiger partial charge in [0.2, 0.25) is 0 Å². The first kappa shape index (κ1) is 11.7. The van der Waals surface area contributed by atoms with E-state index in [4.69, 9.17) is 0 Å². The van der Waals surface area contributed by atoms with Crippen molar-refractivity contribution in [3.8, 4) is 0 Å². The number of aromatic nitrogens is 5. The molecule has 3 rings (SSSR count). The zero-order valence-electron chi connectivity index (χ0n) is 9.88. The molecular weight excluding hydrogens is 314 g/mol. The maximum atomic E-state index is 4.44. The number of fused-ring (bicyclic) bond motifs is 1. The standard InChI is InChI=1S/C11H10BrN5S/c1-6-14-10(18-16-6)5-17-7(2)15-11-9(17)3-8(12)4-13-11/h3-4H,5H2,1-2H3. The lowest BCUT2D eigenvalue weighted by Gasteiger charge is -2.03. The molecule has 0 spiro atoms. The number of pyridine rings is 1. The Hall–Kier alpha value is -1.34. The van der Waals surface area contributed by atoms with Gasteiger partial charge in [0.25, 0.3) is 0 Å². The van der Waals surface area contributed by atoms with Crippen LogP contribution in [0, 0.1) is 13.8 Å². The Morgan fingerprint density at radius 2 is 2.17 bits per heavy atom. The Bertz CT molecular complexity index is 717. The van der Waals surface area contributed by atoms with E-state index < -0.39 is 0 Å². The van der Waals surface area contributed by atoms with Gasteiger partial charge in [0.1, 0.15) is 16.7 Å². The Balaban J connectivity index is 2.10. The zero-order chi connectivity index (χ0) is 12.7. The van der Waals surface area contributed by atoms with Gasteiger partial charge in [0.15, 0.2) is 5.65 Å². The average Bonchev–Trinajstić information content (AvgIpc) is 2.86. The molecule has 0 atom stereocenters. The molecule has 92 valence electrons. The van der Waals surface area contributed by atoms with E-state index >= 15 is 0 Å². The topological polar surface area (TPSA) is 56.5 Å². The lowest BCUT2D eigenvalue weighted by atomic mass is 10.4. The number of nitrogens with zero attached hydrogens (tertiary/aromatic N) is 5. The Morgan fingerprint density at radius 1 is 1.33 bits per heavy atom. The summed E-state index contributed by atoms with van der Waals surface area (Å²) in [4.78, 5) is 13.1. The predicted molar refractivity (Wildman–Crippen MR) is 73.7 cm³/mol. The predicted octanol–water partition coefficient (Wildman–Crippen LogP) is 2.71. The highest BCUT2D eigenvalue weighted by Crippen LogP contribution is 2.20. The van der Waals surface area contributed by atoms with Crippen molar-refractivity contribution in [2.45, 2.75) is 20.4 Å². The van der Waals surface area contributed by atoms with Gasteiger partial charge >= 0.3 is 0 Å². The van der Waals surface area contributed by atoms with Gasteiger partial charge in [-0.15, -0.1) is 0 Å². The van der Waals surface area contributed by atoms with E-state index in [1.807, 2.05) is 19.9 Å². The smallest absolute Gasteiger partial charge is 0.177 e. The fourth-order valence-corrected chi connectivity index (χ4v) is 2.79. The van der Waals surface area contributed by atoms with Crippen molar-refractivity contribution in [3.63, 3.8) is 0 Å². The first-order valence-electron chi connectivity index (χ1n) is 5.41. The lowest BCUT2D eigenvalue weighted by molar-refractivity contribution is 0.777. The summed E-state index contributed by atoms with van der Waals surface area (Å²) in [6.07, 6.45) is 1.76. The zero-order valence-corrected chi connectivity index (χ0v) is 12.3. The molecule has 0 amide bonds. The van der Waals surface area contributed by atoms with E-state index in [1.165, 1.54) is 11.5 Å². The van der Waals surface area contributed by atoms with Gasteiger partial charge in [-0.3, -0.25) is 0 Å². The maximum Gasteiger partial charge on any atom is 0.177 e. The fraction of sp³-hybridized carbons (Fsp3) is 0.273. The molecule has 0 fully saturated rings. The molecule has 3 aromatic rings. The summed E-state index contributed by atoms with van der Waals surface area (Å²) in [6, 6.07) is 2.02. The molecule has 0 aliphatic rings. The number of rotatable bonds is 2. The van der Waals surface area contributed by atoms with E-state index in [-0.39, 0.29) is 0 Å². The molecule has 0 aromatic carbocycles. The van der Waals surface area contributed by atoms with Crippen LogP contribution in [-0.2, 0) is 6.54 Å². The van der Waals surface area contributed by atoms with E-state index in [0.717, 1.165) is 32.3 Å². The molecule has 7 heteroatoms. The SMILES string of the molecule is Cc1nsc(Cn2c(C)nc3ncc(Br)cc32)n1. The lowest BCUT2D eigenvalue weighted by Crippen LogP contribution is -2.01. The van der Waals surface area contributed by atoms with Crippen molar-refractivity contribution >= 4 is 38.6 Å². The van der Waals surface area contributed by atoms with Crippen molar-refractivity contribution < 1.29 is 0 Å². The summed E-state index contributed by atoms with van der Waals surface area (Å²) in [5.41, 5.74) is 1.77.